The minimum absolute atomic E-state index is 0.456. The Hall–Kier alpha value is -2.14. The molecule has 5 heteroatoms. The molecule has 0 spiro atoms. The smallest absolute Gasteiger partial charge is 0.313 e. The van der Waals surface area contributed by atoms with Crippen LogP contribution in [0, 0.1) is 0 Å². The number of thiophene rings is 1. The van der Waals surface area contributed by atoms with Crippen LogP contribution < -0.4 is 10.6 Å². The third kappa shape index (κ3) is 4.72. The van der Waals surface area contributed by atoms with E-state index in [4.69, 9.17) is 0 Å². The fourth-order valence-corrected chi connectivity index (χ4v) is 2.55. The highest BCUT2D eigenvalue weighted by Crippen LogP contribution is 2.09. The van der Waals surface area contributed by atoms with Gasteiger partial charge in [-0.1, -0.05) is 19.1 Å². The van der Waals surface area contributed by atoms with Crippen LogP contribution >= 0.6 is 11.3 Å². The first-order chi connectivity index (χ1) is 10.2. The molecule has 0 saturated heterocycles. The van der Waals surface area contributed by atoms with E-state index in [1.165, 1.54) is 5.56 Å². The van der Waals surface area contributed by atoms with Crippen LogP contribution in [-0.2, 0) is 22.4 Å². The number of amides is 2. The van der Waals surface area contributed by atoms with Gasteiger partial charge in [-0.2, -0.15) is 11.3 Å². The summed E-state index contributed by atoms with van der Waals surface area (Å²) in [5.41, 5.74) is 2.98. The fourth-order valence-electron chi connectivity index (χ4n) is 1.85. The maximum absolute atomic E-state index is 11.7. The molecule has 4 nitrogen and oxygen atoms in total. The molecule has 0 aliphatic carbocycles. The average molecular weight is 302 g/mol. The van der Waals surface area contributed by atoms with E-state index in [1.807, 2.05) is 29.0 Å². The van der Waals surface area contributed by atoms with Gasteiger partial charge in [0.25, 0.3) is 0 Å². The van der Waals surface area contributed by atoms with Crippen molar-refractivity contribution >= 4 is 28.8 Å². The van der Waals surface area contributed by atoms with Crippen molar-refractivity contribution in [3.63, 3.8) is 0 Å². The monoisotopic (exact) mass is 302 g/mol. The van der Waals surface area contributed by atoms with E-state index in [9.17, 15) is 9.59 Å². The Bertz CT molecular complexity index is 591. The first-order valence-corrected chi connectivity index (χ1v) is 7.82. The van der Waals surface area contributed by atoms with Crippen LogP contribution in [0.3, 0.4) is 0 Å². The highest BCUT2D eigenvalue weighted by Gasteiger charge is 2.12. The van der Waals surface area contributed by atoms with Crippen molar-refractivity contribution in [3.05, 3.63) is 52.2 Å². The van der Waals surface area contributed by atoms with Gasteiger partial charge in [-0.3, -0.25) is 9.59 Å². The van der Waals surface area contributed by atoms with Gasteiger partial charge in [0.1, 0.15) is 0 Å². The van der Waals surface area contributed by atoms with Crippen molar-refractivity contribution in [2.45, 2.75) is 19.8 Å². The van der Waals surface area contributed by atoms with Gasteiger partial charge in [-0.15, -0.1) is 0 Å². The number of hydrogen-bond acceptors (Lipinski definition) is 3. The molecule has 1 aromatic heterocycles. The quantitative estimate of drug-likeness (QED) is 0.834. The van der Waals surface area contributed by atoms with Crippen molar-refractivity contribution in [3.8, 4) is 0 Å². The maximum atomic E-state index is 11.7. The van der Waals surface area contributed by atoms with Crippen molar-refractivity contribution in [1.82, 2.24) is 5.32 Å². The minimum Gasteiger partial charge on any atom is -0.347 e. The van der Waals surface area contributed by atoms with Crippen molar-refractivity contribution in [2.75, 3.05) is 11.9 Å². The van der Waals surface area contributed by atoms with E-state index >= 15 is 0 Å². The van der Waals surface area contributed by atoms with Crippen molar-refractivity contribution in [1.29, 1.82) is 0 Å². The number of benzene rings is 1. The predicted molar refractivity (Wildman–Crippen MR) is 85.5 cm³/mol. The molecule has 110 valence electrons. The first kappa shape index (κ1) is 15.3. The van der Waals surface area contributed by atoms with Gasteiger partial charge in [0, 0.05) is 12.2 Å². The first-order valence-electron chi connectivity index (χ1n) is 6.88. The van der Waals surface area contributed by atoms with E-state index in [2.05, 4.69) is 17.6 Å². The van der Waals surface area contributed by atoms with Gasteiger partial charge in [0.05, 0.1) is 0 Å². The van der Waals surface area contributed by atoms with E-state index in [0.717, 1.165) is 18.4 Å². The van der Waals surface area contributed by atoms with E-state index in [1.54, 1.807) is 23.5 Å². The molecule has 0 saturated carbocycles. The standard InChI is InChI=1S/C16H18N2O2S/c1-2-12-3-5-14(6-4-12)18-16(20)15(19)17-9-7-13-8-10-21-11-13/h3-6,8,10-11H,2,7,9H2,1H3,(H,17,19)(H,18,20). The molecule has 1 aromatic carbocycles. The summed E-state index contributed by atoms with van der Waals surface area (Å²) >= 11 is 1.62. The molecule has 2 aromatic rings. The Balaban J connectivity index is 1.77. The highest BCUT2D eigenvalue weighted by atomic mass is 32.1. The SMILES string of the molecule is CCc1ccc(NC(=O)C(=O)NCCc2ccsc2)cc1. The van der Waals surface area contributed by atoms with Gasteiger partial charge in [0.2, 0.25) is 0 Å². The molecule has 0 atom stereocenters. The molecule has 2 rings (SSSR count). The van der Waals surface area contributed by atoms with Crippen LogP contribution in [0.25, 0.3) is 0 Å². The lowest BCUT2D eigenvalue weighted by molar-refractivity contribution is -0.136. The molecule has 1 heterocycles. The molecule has 0 radical (unpaired) electrons. The van der Waals surface area contributed by atoms with Crippen LogP contribution in [0.5, 0.6) is 0 Å². The number of aryl methyl sites for hydroxylation is 1. The summed E-state index contributed by atoms with van der Waals surface area (Å²) in [6.45, 7) is 2.52. The summed E-state index contributed by atoms with van der Waals surface area (Å²) in [6.07, 6.45) is 1.67. The normalized spacial score (nSPS) is 10.1. The summed E-state index contributed by atoms with van der Waals surface area (Å²) in [7, 11) is 0. The number of rotatable bonds is 5. The maximum Gasteiger partial charge on any atom is 0.313 e. The minimum atomic E-state index is -0.635. The number of hydrogen-bond donors (Lipinski definition) is 2. The van der Waals surface area contributed by atoms with Crippen molar-refractivity contribution < 1.29 is 9.59 Å². The zero-order valence-electron chi connectivity index (χ0n) is 11.9. The number of nitrogens with one attached hydrogen (secondary N) is 2. The highest BCUT2D eigenvalue weighted by molar-refractivity contribution is 7.07. The molecule has 0 fully saturated rings. The molecular formula is C16H18N2O2S. The molecule has 0 unspecified atom stereocenters. The molecule has 0 bridgehead atoms. The second kappa shape index (κ2) is 7.59. The Morgan fingerprint density at radius 2 is 1.81 bits per heavy atom. The lowest BCUT2D eigenvalue weighted by Gasteiger charge is -2.06. The zero-order valence-corrected chi connectivity index (χ0v) is 12.7. The summed E-state index contributed by atoms with van der Waals surface area (Å²) in [5.74, 6) is -1.24. The Labute approximate surface area is 128 Å². The predicted octanol–water partition coefficient (Wildman–Crippen LogP) is 2.61. The topological polar surface area (TPSA) is 58.2 Å². The second-order valence-corrected chi connectivity index (χ2v) is 5.42. The zero-order chi connectivity index (χ0) is 15.1. The van der Waals surface area contributed by atoms with Gasteiger partial charge >= 0.3 is 11.8 Å². The summed E-state index contributed by atoms with van der Waals surface area (Å²) in [6, 6.07) is 9.48. The summed E-state index contributed by atoms with van der Waals surface area (Å²) in [4.78, 5) is 23.4. The Kier molecular flexibility index (Phi) is 5.51. The molecule has 21 heavy (non-hydrogen) atoms. The third-order valence-electron chi connectivity index (χ3n) is 3.11. The largest absolute Gasteiger partial charge is 0.347 e. The number of carbonyl (C=O) groups is 2. The van der Waals surface area contributed by atoms with Gasteiger partial charge in [0.15, 0.2) is 0 Å². The van der Waals surface area contributed by atoms with E-state index in [-0.39, 0.29) is 0 Å². The van der Waals surface area contributed by atoms with Crippen LogP contribution in [0.2, 0.25) is 0 Å². The molecule has 2 amide bonds. The summed E-state index contributed by atoms with van der Waals surface area (Å²) < 4.78 is 0. The Morgan fingerprint density at radius 1 is 1.05 bits per heavy atom. The third-order valence-corrected chi connectivity index (χ3v) is 3.84. The lowest BCUT2D eigenvalue weighted by atomic mass is 10.1. The molecule has 0 aliphatic rings. The van der Waals surface area contributed by atoms with Crippen LogP contribution in [0.4, 0.5) is 5.69 Å². The molecule has 0 aliphatic heterocycles. The lowest BCUT2D eigenvalue weighted by Crippen LogP contribution is -2.36. The van der Waals surface area contributed by atoms with Crippen LogP contribution in [-0.4, -0.2) is 18.4 Å². The summed E-state index contributed by atoms with van der Waals surface area (Å²) in [5, 5.41) is 9.22. The van der Waals surface area contributed by atoms with Crippen LogP contribution in [0.15, 0.2) is 41.1 Å². The fraction of sp³-hybridized carbons (Fsp3) is 0.250. The Morgan fingerprint density at radius 3 is 2.43 bits per heavy atom. The van der Waals surface area contributed by atoms with Gasteiger partial charge in [-0.05, 0) is 52.9 Å². The number of anilines is 1. The molecular weight excluding hydrogens is 284 g/mol. The van der Waals surface area contributed by atoms with E-state index in [0.29, 0.717) is 12.2 Å². The van der Waals surface area contributed by atoms with Crippen molar-refractivity contribution in [2.24, 2.45) is 0 Å². The van der Waals surface area contributed by atoms with E-state index < -0.39 is 11.8 Å². The number of carbonyl (C=O) groups excluding carboxylic acids is 2. The van der Waals surface area contributed by atoms with Gasteiger partial charge < -0.3 is 10.6 Å². The molecule has 2 N–H and O–H groups in total. The average Bonchev–Trinajstić information content (AvgIpc) is 3.01. The second-order valence-electron chi connectivity index (χ2n) is 4.64. The van der Waals surface area contributed by atoms with Crippen LogP contribution in [0.1, 0.15) is 18.1 Å². The van der Waals surface area contributed by atoms with Gasteiger partial charge in [-0.25, -0.2) is 0 Å².